The van der Waals surface area contributed by atoms with E-state index in [0.717, 1.165) is 18.0 Å². The molecule has 9 nitrogen and oxygen atoms in total. The predicted molar refractivity (Wildman–Crippen MR) is 108 cm³/mol. The Bertz CT molecular complexity index is 1110. The minimum atomic E-state index is -1.14. The molecular weight excluding hydrogens is 423 g/mol. The normalized spacial score (nSPS) is 12.0. The van der Waals surface area contributed by atoms with Gasteiger partial charge >= 0.3 is 6.09 Å². The van der Waals surface area contributed by atoms with E-state index >= 15 is 0 Å². The summed E-state index contributed by atoms with van der Waals surface area (Å²) in [6, 6.07) is 4.40. The number of carboxylic acid groups (broad SMARTS) is 1. The molecule has 3 aromatic rings. The minimum Gasteiger partial charge on any atom is -0.465 e. The highest BCUT2D eigenvalue weighted by molar-refractivity contribution is 7.98. The Labute approximate surface area is 173 Å². The molecule has 0 spiro atoms. The summed E-state index contributed by atoms with van der Waals surface area (Å²) in [5, 5.41) is 14.4. The van der Waals surface area contributed by atoms with Crippen molar-refractivity contribution in [2.45, 2.75) is 23.9 Å². The number of thioether (sulfide) groups is 1. The first-order valence-electron chi connectivity index (χ1n) is 8.39. The van der Waals surface area contributed by atoms with Crippen LogP contribution in [0.3, 0.4) is 0 Å². The molecule has 2 heterocycles. The monoisotopic (exact) mass is 438 g/mol. The Kier molecular flexibility index (Phi) is 6.49. The van der Waals surface area contributed by atoms with Gasteiger partial charge in [-0.05, 0) is 18.6 Å². The lowest BCUT2D eigenvalue weighted by molar-refractivity contribution is 0.194. The van der Waals surface area contributed by atoms with Gasteiger partial charge in [-0.3, -0.25) is 4.79 Å². The van der Waals surface area contributed by atoms with Crippen LogP contribution in [0.5, 0.6) is 0 Å². The molecule has 0 aliphatic carbocycles. The van der Waals surface area contributed by atoms with Gasteiger partial charge in [0.05, 0.1) is 11.2 Å². The molecule has 3 rings (SSSR count). The topological polar surface area (TPSA) is 133 Å². The summed E-state index contributed by atoms with van der Waals surface area (Å²) < 4.78 is 14.1. The molecule has 2 aromatic heterocycles. The predicted octanol–water partition coefficient (Wildman–Crippen LogP) is 2.87. The van der Waals surface area contributed by atoms with E-state index in [9.17, 15) is 14.0 Å². The standard InChI is InChI=1S/C17H16ClFN6O3S/c1-8(5-21-17(27)28)22-14-13-15(23-11(26)6-20-13)25-16(24-14)29-7-9-3-2-4-10(18)12(9)19/h2-4,6,8,21H,5,7H2,1H3,(H,27,28)(H2,22,23,24,25,26)/t8-/m1/s1. The lowest BCUT2D eigenvalue weighted by atomic mass is 10.2. The largest absolute Gasteiger partial charge is 0.465 e. The lowest BCUT2D eigenvalue weighted by Crippen LogP contribution is -2.34. The summed E-state index contributed by atoms with van der Waals surface area (Å²) in [4.78, 5) is 37.6. The summed E-state index contributed by atoms with van der Waals surface area (Å²) >= 11 is 6.96. The SMILES string of the molecule is C[C@H](CNC(=O)O)Nc1nc(SCc2cccc(Cl)c2F)nc2[nH]c(=O)cnc12. The average molecular weight is 439 g/mol. The number of anilines is 1. The van der Waals surface area contributed by atoms with Crippen molar-refractivity contribution in [1.82, 2.24) is 25.3 Å². The third kappa shape index (κ3) is 5.33. The molecular formula is C17H16ClFN6O3S. The van der Waals surface area contributed by atoms with Crippen LogP contribution in [0.15, 0.2) is 34.3 Å². The maximum Gasteiger partial charge on any atom is 0.404 e. The van der Waals surface area contributed by atoms with Gasteiger partial charge < -0.3 is 20.7 Å². The number of aromatic nitrogens is 4. The molecule has 0 unspecified atom stereocenters. The van der Waals surface area contributed by atoms with Crippen LogP contribution in [0.1, 0.15) is 12.5 Å². The van der Waals surface area contributed by atoms with Gasteiger partial charge in [0.15, 0.2) is 16.6 Å². The van der Waals surface area contributed by atoms with E-state index in [1.54, 1.807) is 19.1 Å². The quantitative estimate of drug-likeness (QED) is 0.327. The summed E-state index contributed by atoms with van der Waals surface area (Å²) in [5.74, 6) is 0.0297. The first-order chi connectivity index (χ1) is 13.8. The van der Waals surface area contributed by atoms with E-state index in [2.05, 4.69) is 30.6 Å². The second-order valence-corrected chi connectivity index (χ2v) is 7.38. The number of carbonyl (C=O) groups is 1. The van der Waals surface area contributed by atoms with Crippen LogP contribution in [0.25, 0.3) is 11.2 Å². The smallest absolute Gasteiger partial charge is 0.404 e. The third-order valence-corrected chi connectivity index (χ3v) is 4.93. The van der Waals surface area contributed by atoms with Crippen molar-refractivity contribution >= 4 is 46.4 Å². The number of hydrogen-bond donors (Lipinski definition) is 4. The van der Waals surface area contributed by atoms with Gasteiger partial charge in [0.25, 0.3) is 5.56 Å². The van der Waals surface area contributed by atoms with Crippen LogP contribution in [-0.2, 0) is 5.75 Å². The van der Waals surface area contributed by atoms with Crippen molar-refractivity contribution in [3.63, 3.8) is 0 Å². The van der Waals surface area contributed by atoms with Crippen LogP contribution in [0.4, 0.5) is 15.0 Å². The van der Waals surface area contributed by atoms with Crippen molar-refractivity contribution in [3.05, 3.63) is 51.2 Å². The minimum absolute atomic E-state index is 0.0261. The molecule has 4 N–H and O–H groups in total. The van der Waals surface area contributed by atoms with Crippen LogP contribution < -0.4 is 16.2 Å². The highest BCUT2D eigenvalue weighted by atomic mass is 35.5. The summed E-state index contributed by atoms with van der Waals surface area (Å²) in [5.41, 5.74) is 0.492. The first-order valence-corrected chi connectivity index (χ1v) is 9.76. The maximum absolute atomic E-state index is 14.1. The number of nitrogens with zero attached hydrogens (tertiary/aromatic N) is 3. The van der Waals surface area contributed by atoms with E-state index in [1.807, 2.05) is 0 Å². The van der Waals surface area contributed by atoms with Crippen molar-refractivity contribution in [2.75, 3.05) is 11.9 Å². The highest BCUT2D eigenvalue weighted by Crippen LogP contribution is 2.27. The van der Waals surface area contributed by atoms with E-state index in [4.69, 9.17) is 16.7 Å². The molecule has 12 heteroatoms. The number of H-pyrrole nitrogens is 1. The summed E-state index contributed by atoms with van der Waals surface area (Å²) in [7, 11) is 0. The van der Waals surface area contributed by atoms with Crippen molar-refractivity contribution in [2.24, 2.45) is 0 Å². The number of rotatable bonds is 7. The first kappa shape index (κ1) is 20.8. The summed E-state index contributed by atoms with van der Waals surface area (Å²) in [6.07, 6.45) is -0.0426. The van der Waals surface area contributed by atoms with Gasteiger partial charge in [-0.1, -0.05) is 35.5 Å². The highest BCUT2D eigenvalue weighted by Gasteiger charge is 2.14. The molecule has 1 amide bonds. The molecule has 0 aliphatic rings. The van der Waals surface area contributed by atoms with E-state index in [0.29, 0.717) is 16.9 Å². The molecule has 0 saturated heterocycles. The van der Waals surface area contributed by atoms with Crippen LogP contribution >= 0.6 is 23.4 Å². The van der Waals surface area contributed by atoms with Crippen LogP contribution in [0.2, 0.25) is 5.02 Å². The molecule has 29 heavy (non-hydrogen) atoms. The van der Waals surface area contributed by atoms with Crippen LogP contribution in [0, 0.1) is 5.82 Å². The van der Waals surface area contributed by atoms with Gasteiger partial charge in [0.2, 0.25) is 0 Å². The molecule has 152 valence electrons. The number of amides is 1. The maximum atomic E-state index is 14.1. The average Bonchev–Trinajstić information content (AvgIpc) is 2.67. The summed E-state index contributed by atoms with van der Waals surface area (Å²) in [6.45, 7) is 1.88. The third-order valence-electron chi connectivity index (χ3n) is 3.75. The Balaban J connectivity index is 1.88. The molecule has 0 bridgehead atoms. The fourth-order valence-corrected chi connectivity index (χ4v) is 3.42. The lowest BCUT2D eigenvalue weighted by Gasteiger charge is -2.15. The Hall–Kier alpha value is -2.92. The zero-order chi connectivity index (χ0) is 21.0. The van der Waals surface area contributed by atoms with Gasteiger partial charge in [-0.15, -0.1) is 0 Å². The van der Waals surface area contributed by atoms with Gasteiger partial charge in [-0.25, -0.2) is 24.1 Å². The second-order valence-electron chi connectivity index (χ2n) is 6.03. The second kappa shape index (κ2) is 9.05. The fraction of sp³-hybridized carbons (Fsp3) is 0.235. The molecule has 0 aliphatic heterocycles. The molecule has 0 fully saturated rings. The fourth-order valence-electron chi connectivity index (χ4n) is 2.41. The zero-order valence-electron chi connectivity index (χ0n) is 15.1. The number of hydrogen-bond acceptors (Lipinski definition) is 7. The molecule has 0 radical (unpaired) electrons. The molecule has 1 atom stereocenters. The number of nitrogens with one attached hydrogen (secondary N) is 3. The van der Waals surface area contributed by atoms with Crippen molar-refractivity contribution in [3.8, 4) is 0 Å². The number of halogens is 2. The number of fused-ring (bicyclic) bond motifs is 1. The molecule has 1 aromatic carbocycles. The van der Waals surface area contributed by atoms with Crippen molar-refractivity contribution in [1.29, 1.82) is 0 Å². The van der Waals surface area contributed by atoms with Gasteiger partial charge in [0, 0.05) is 18.3 Å². The van der Waals surface area contributed by atoms with Gasteiger partial charge in [0.1, 0.15) is 11.3 Å². The van der Waals surface area contributed by atoms with E-state index in [1.165, 1.54) is 6.07 Å². The van der Waals surface area contributed by atoms with E-state index < -0.39 is 17.5 Å². The van der Waals surface area contributed by atoms with Crippen LogP contribution in [-0.4, -0.2) is 43.7 Å². The molecule has 0 saturated carbocycles. The number of aromatic amines is 1. The Morgan fingerprint density at radius 3 is 2.97 bits per heavy atom. The van der Waals surface area contributed by atoms with Gasteiger partial charge in [-0.2, -0.15) is 0 Å². The Morgan fingerprint density at radius 1 is 1.41 bits per heavy atom. The van der Waals surface area contributed by atoms with E-state index in [-0.39, 0.29) is 34.2 Å². The number of benzene rings is 1. The Morgan fingerprint density at radius 2 is 2.21 bits per heavy atom. The van der Waals surface area contributed by atoms with Crippen molar-refractivity contribution < 1.29 is 14.3 Å². The zero-order valence-corrected chi connectivity index (χ0v) is 16.6.